The van der Waals surface area contributed by atoms with Crippen LogP contribution in [0.15, 0.2) is 12.1 Å². The topological polar surface area (TPSA) is 68.5 Å². The van der Waals surface area contributed by atoms with Crippen molar-refractivity contribution in [1.29, 1.82) is 0 Å². The number of hydrogen-bond donors (Lipinski definition) is 0. The molecule has 0 radical (unpaired) electrons. The van der Waals surface area contributed by atoms with Crippen molar-refractivity contribution in [1.82, 2.24) is 4.98 Å². The number of likely N-dealkylation sites (N-methyl/N-ethyl adjacent to an activating group) is 1. The molecule has 1 rings (SSSR count). The van der Waals surface area contributed by atoms with Gasteiger partial charge in [0.1, 0.15) is 11.0 Å². The van der Waals surface area contributed by atoms with Crippen LogP contribution in [0, 0.1) is 10.1 Å². The first-order valence-corrected chi connectivity index (χ1v) is 4.94. The number of nitro groups is 1. The summed E-state index contributed by atoms with van der Waals surface area (Å²) in [5.74, 6) is 0.455. The van der Waals surface area contributed by atoms with Gasteiger partial charge in [0.15, 0.2) is 0 Å². The second-order valence-electron chi connectivity index (χ2n) is 3.18. The third-order valence-corrected chi connectivity index (χ3v) is 2.19. The minimum Gasteiger partial charge on any atom is -0.383 e. The maximum Gasteiger partial charge on any atom is 0.276 e. The van der Waals surface area contributed by atoms with Crippen LogP contribution in [0.2, 0.25) is 5.15 Å². The van der Waals surface area contributed by atoms with Crippen molar-refractivity contribution in [3.8, 4) is 0 Å². The number of ether oxygens (including phenoxy) is 1. The minimum absolute atomic E-state index is 0.0701. The molecular weight excluding hydrogens is 234 g/mol. The second kappa shape index (κ2) is 5.62. The molecule has 88 valence electrons. The molecule has 1 heterocycles. The SMILES string of the molecule is COCCN(C)c1cc([N+](=O)[O-])cc(Cl)n1. The van der Waals surface area contributed by atoms with E-state index in [0.717, 1.165) is 0 Å². The normalized spacial score (nSPS) is 10.2. The van der Waals surface area contributed by atoms with Crippen molar-refractivity contribution >= 4 is 23.1 Å². The third-order valence-electron chi connectivity index (χ3n) is 2.00. The number of halogens is 1. The maximum absolute atomic E-state index is 10.6. The first-order chi connectivity index (χ1) is 7.54. The third kappa shape index (κ3) is 3.32. The Balaban J connectivity index is 2.91. The lowest BCUT2D eigenvalue weighted by molar-refractivity contribution is -0.384. The Kier molecular flexibility index (Phi) is 4.45. The van der Waals surface area contributed by atoms with Crippen LogP contribution >= 0.6 is 11.6 Å². The van der Waals surface area contributed by atoms with Gasteiger partial charge in [-0.1, -0.05) is 11.6 Å². The van der Waals surface area contributed by atoms with Crippen LogP contribution in [0.5, 0.6) is 0 Å². The van der Waals surface area contributed by atoms with Crippen molar-refractivity contribution in [2.24, 2.45) is 0 Å². The number of nitrogens with zero attached hydrogens (tertiary/aromatic N) is 3. The number of anilines is 1. The Hall–Kier alpha value is -1.40. The van der Waals surface area contributed by atoms with Gasteiger partial charge in [-0.2, -0.15) is 0 Å². The van der Waals surface area contributed by atoms with Crippen LogP contribution in [-0.2, 0) is 4.74 Å². The molecule has 0 atom stereocenters. The Morgan fingerprint density at radius 2 is 2.31 bits per heavy atom. The molecule has 1 aromatic rings. The van der Waals surface area contributed by atoms with Gasteiger partial charge in [-0.15, -0.1) is 0 Å². The fourth-order valence-corrected chi connectivity index (χ4v) is 1.31. The summed E-state index contributed by atoms with van der Waals surface area (Å²) in [7, 11) is 3.35. The molecule has 1 aromatic heterocycles. The monoisotopic (exact) mass is 245 g/mol. The predicted molar refractivity (Wildman–Crippen MR) is 61.0 cm³/mol. The molecular formula is C9H12ClN3O3. The van der Waals surface area contributed by atoms with Crippen molar-refractivity contribution in [2.75, 3.05) is 32.2 Å². The van der Waals surface area contributed by atoms with E-state index in [9.17, 15) is 10.1 Å². The Morgan fingerprint density at radius 3 is 2.88 bits per heavy atom. The molecule has 0 aliphatic carbocycles. The van der Waals surface area contributed by atoms with Gasteiger partial charge in [-0.25, -0.2) is 4.98 Å². The predicted octanol–water partition coefficient (Wildman–Crippen LogP) is 1.73. The molecule has 0 aliphatic heterocycles. The van der Waals surface area contributed by atoms with E-state index >= 15 is 0 Å². The van der Waals surface area contributed by atoms with Gasteiger partial charge in [0, 0.05) is 20.7 Å². The lowest BCUT2D eigenvalue weighted by Gasteiger charge is -2.17. The smallest absolute Gasteiger partial charge is 0.276 e. The maximum atomic E-state index is 10.6. The highest BCUT2D eigenvalue weighted by Crippen LogP contribution is 2.22. The van der Waals surface area contributed by atoms with E-state index in [4.69, 9.17) is 16.3 Å². The summed E-state index contributed by atoms with van der Waals surface area (Å²) in [5, 5.41) is 10.7. The van der Waals surface area contributed by atoms with Crippen molar-refractivity contribution in [3.05, 3.63) is 27.4 Å². The highest BCUT2D eigenvalue weighted by atomic mass is 35.5. The summed E-state index contributed by atoms with van der Waals surface area (Å²) < 4.78 is 4.91. The number of pyridine rings is 1. The van der Waals surface area contributed by atoms with E-state index in [1.165, 1.54) is 12.1 Å². The molecule has 0 unspecified atom stereocenters. The van der Waals surface area contributed by atoms with Gasteiger partial charge >= 0.3 is 0 Å². The zero-order chi connectivity index (χ0) is 12.1. The van der Waals surface area contributed by atoms with Crippen LogP contribution in [0.25, 0.3) is 0 Å². The molecule has 0 N–H and O–H groups in total. The average molecular weight is 246 g/mol. The molecule has 16 heavy (non-hydrogen) atoms. The Bertz CT molecular complexity index is 386. The van der Waals surface area contributed by atoms with Gasteiger partial charge in [0.25, 0.3) is 5.69 Å². The zero-order valence-corrected chi connectivity index (χ0v) is 9.77. The number of rotatable bonds is 5. The standard InChI is InChI=1S/C9H12ClN3O3/c1-12(3-4-16-2)9-6-7(13(14)15)5-8(10)11-9/h5-6H,3-4H2,1-2H3. The molecule has 7 heteroatoms. The van der Waals surface area contributed by atoms with E-state index in [2.05, 4.69) is 4.98 Å². The van der Waals surface area contributed by atoms with Gasteiger partial charge in [-0.05, 0) is 0 Å². The lowest BCUT2D eigenvalue weighted by Crippen LogP contribution is -2.23. The Morgan fingerprint density at radius 1 is 1.62 bits per heavy atom. The van der Waals surface area contributed by atoms with Crippen molar-refractivity contribution < 1.29 is 9.66 Å². The summed E-state index contributed by atoms with van der Waals surface area (Å²) >= 11 is 5.70. The number of hydrogen-bond acceptors (Lipinski definition) is 5. The minimum atomic E-state index is -0.499. The van der Waals surface area contributed by atoms with E-state index in [1.807, 2.05) is 0 Å². The summed E-state index contributed by atoms with van der Waals surface area (Å²) in [6, 6.07) is 2.59. The van der Waals surface area contributed by atoms with Crippen molar-refractivity contribution in [3.63, 3.8) is 0 Å². The molecule has 0 bridgehead atoms. The van der Waals surface area contributed by atoms with Crippen LogP contribution in [0.4, 0.5) is 11.5 Å². The first-order valence-electron chi connectivity index (χ1n) is 4.56. The quantitative estimate of drug-likeness (QED) is 0.449. The summed E-state index contributed by atoms with van der Waals surface area (Å²) in [6.07, 6.45) is 0. The fraction of sp³-hybridized carbons (Fsp3) is 0.444. The number of aromatic nitrogens is 1. The summed E-state index contributed by atoms with van der Waals surface area (Å²) in [6.45, 7) is 1.10. The van der Waals surface area contributed by atoms with Gasteiger partial charge in [0.2, 0.25) is 0 Å². The zero-order valence-electron chi connectivity index (χ0n) is 9.01. The molecule has 0 saturated heterocycles. The molecule has 0 saturated carbocycles. The lowest BCUT2D eigenvalue weighted by atomic mass is 10.4. The van der Waals surface area contributed by atoms with Crippen LogP contribution in [0.3, 0.4) is 0 Å². The molecule has 0 amide bonds. The van der Waals surface area contributed by atoms with Crippen LogP contribution in [-0.4, -0.2) is 37.2 Å². The molecule has 0 fully saturated rings. The van der Waals surface area contributed by atoms with E-state index in [0.29, 0.717) is 19.0 Å². The highest BCUT2D eigenvalue weighted by molar-refractivity contribution is 6.29. The molecule has 0 aliphatic rings. The average Bonchev–Trinajstić information content (AvgIpc) is 2.24. The van der Waals surface area contributed by atoms with Crippen LogP contribution < -0.4 is 4.90 Å². The fourth-order valence-electron chi connectivity index (χ4n) is 1.11. The summed E-state index contributed by atoms with van der Waals surface area (Å²) in [5.41, 5.74) is -0.0701. The van der Waals surface area contributed by atoms with Crippen molar-refractivity contribution in [2.45, 2.75) is 0 Å². The van der Waals surface area contributed by atoms with E-state index in [1.54, 1.807) is 19.1 Å². The van der Waals surface area contributed by atoms with Gasteiger partial charge in [0.05, 0.1) is 23.7 Å². The second-order valence-corrected chi connectivity index (χ2v) is 3.56. The van der Waals surface area contributed by atoms with E-state index < -0.39 is 4.92 Å². The van der Waals surface area contributed by atoms with Gasteiger partial charge in [-0.3, -0.25) is 10.1 Å². The largest absolute Gasteiger partial charge is 0.383 e. The summed E-state index contributed by atoms with van der Waals surface area (Å²) in [4.78, 5) is 15.9. The highest BCUT2D eigenvalue weighted by Gasteiger charge is 2.12. The molecule has 0 aromatic carbocycles. The van der Waals surface area contributed by atoms with Crippen LogP contribution in [0.1, 0.15) is 0 Å². The molecule has 0 spiro atoms. The Labute approximate surface area is 97.9 Å². The van der Waals surface area contributed by atoms with Gasteiger partial charge < -0.3 is 9.64 Å². The first kappa shape index (κ1) is 12.7. The molecule has 6 nitrogen and oxygen atoms in total. The number of methoxy groups -OCH3 is 1. The van der Waals surface area contributed by atoms with E-state index in [-0.39, 0.29) is 10.8 Å².